The Morgan fingerprint density at radius 1 is 1.07 bits per heavy atom. The van der Waals surface area contributed by atoms with E-state index in [4.69, 9.17) is 4.74 Å². The minimum Gasteiger partial charge on any atom is -0.382 e. The van der Waals surface area contributed by atoms with E-state index in [2.05, 4.69) is 29.3 Å². The molecule has 1 unspecified atom stereocenters. The zero-order valence-corrected chi connectivity index (χ0v) is 17.4. The Bertz CT molecular complexity index is 1170. The van der Waals surface area contributed by atoms with Crippen LogP contribution in [0.1, 0.15) is 31.1 Å². The number of hydrogen-bond donors (Lipinski definition) is 0. The molecule has 0 N–H and O–H groups in total. The third-order valence-corrected chi connectivity index (χ3v) is 6.00. The normalized spacial score (nSPS) is 12.6. The maximum absolute atomic E-state index is 13.1. The van der Waals surface area contributed by atoms with Gasteiger partial charge in [0.2, 0.25) is 5.78 Å². The molecule has 0 aliphatic heterocycles. The number of rotatable bonds is 8. The van der Waals surface area contributed by atoms with Crippen molar-refractivity contribution >= 4 is 28.4 Å². The first-order chi connectivity index (χ1) is 14.2. The van der Waals surface area contributed by atoms with Crippen LogP contribution >= 0.6 is 11.8 Å². The zero-order valence-electron chi connectivity index (χ0n) is 16.6. The van der Waals surface area contributed by atoms with E-state index < -0.39 is 0 Å². The summed E-state index contributed by atoms with van der Waals surface area (Å²) in [7, 11) is 0. The highest BCUT2D eigenvalue weighted by atomic mass is 32.2. The van der Waals surface area contributed by atoms with Crippen LogP contribution in [0.3, 0.4) is 0 Å². The van der Waals surface area contributed by atoms with Gasteiger partial charge in [0.1, 0.15) is 0 Å². The number of thioether (sulfide) groups is 1. The molecule has 0 amide bonds. The predicted molar refractivity (Wildman–Crippen MR) is 117 cm³/mol. The summed E-state index contributed by atoms with van der Waals surface area (Å²) in [5.41, 5.74) is 2.02. The summed E-state index contributed by atoms with van der Waals surface area (Å²) in [6.07, 6.45) is 0.748. The fraction of sp³-hybridized carbons (Fsp3) is 0.318. The number of benzene rings is 2. The van der Waals surface area contributed by atoms with Gasteiger partial charge >= 0.3 is 0 Å². The van der Waals surface area contributed by atoms with Gasteiger partial charge in [-0.25, -0.2) is 0 Å². The van der Waals surface area contributed by atoms with Crippen molar-refractivity contribution < 1.29 is 4.74 Å². The zero-order chi connectivity index (χ0) is 20.2. The van der Waals surface area contributed by atoms with Crippen molar-refractivity contribution in [1.82, 2.24) is 19.2 Å². The Balaban J connectivity index is 1.79. The van der Waals surface area contributed by atoms with Crippen molar-refractivity contribution in [3.05, 3.63) is 70.5 Å². The monoisotopic (exact) mass is 408 g/mol. The first kappa shape index (κ1) is 19.7. The minimum atomic E-state index is -0.0374. The van der Waals surface area contributed by atoms with E-state index >= 15 is 0 Å². The lowest BCUT2D eigenvalue weighted by Crippen LogP contribution is -2.24. The van der Waals surface area contributed by atoms with Gasteiger partial charge in [0.05, 0.1) is 10.9 Å². The summed E-state index contributed by atoms with van der Waals surface area (Å²) >= 11 is 1.64. The van der Waals surface area contributed by atoms with Crippen LogP contribution in [-0.4, -0.2) is 32.4 Å². The third-order valence-electron chi connectivity index (χ3n) is 4.90. The lowest BCUT2D eigenvalue weighted by molar-refractivity contribution is 0.141. The highest BCUT2D eigenvalue weighted by Gasteiger charge is 2.18. The van der Waals surface area contributed by atoms with Crippen LogP contribution in [0.5, 0.6) is 0 Å². The number of para-hydroxylation sites is 1. The molecular weight excluding hydrogens is 384 g/mol. The molecule has 1 atom stereocenters. The minimum absolute atomic E-state index is 0.0374. The van der Waals surface area contributed by atoms with Crippen molar-refractivity contribution in [2.45, 2.75) is 37.2 Å². The van der Waals surface area contributed by atoms with Gasteiger partial charge in [-0.05, 0) is 38.0 Å². The van der Waals surface area contributed by atoms with Crippen molar-refractivity contribution in [3.8, 4) is 0 Å². The number of aryl methyl sites for hydroxylation is 1. The van der Waals surface area contributed by atoms with E-state index in [0.717, 1.165) is 17.1 Å². The molecule has 0 radical (unpaired) electrons. The molecule has 4 aromatic rings. The molecule has 6 nitrogen and oxygen atoms in total. The molecule has 0 aliphatic carbocycles. The van der Waals surface area contributed by atoms with Crippen LogP contribution in [0.2, 0.25) is 0 Å². The molecule has 0 saturated carbocycles. The van der Waals surface area contributed by atoms with Crippen LogP contribution in [-0.2, 0) is 11.3 Å². The van der Waals surface area contributed by atoms with Crippen LogP contribution < -0.4 is 5.56 Å². The molecule has 4 rings (SSSR count). The second-order valence-corrected chi connectivity index (χ2v) is 8.12. The van der Waals surface area contributed by atoms with Crippen molar-refractivity contribution in [3.63, 3.8) is 0 Å². The summed E-state index contributed by atoms with van der Waals surface area (Å²) in [4.78, 5) is 13.1. The Kier molecular flexibility index (Phi) is 5.97. The highest BCUT2D eigenvalue weighted by molar-refractivity contribution is 7.99. The van der Waals surface area contributed by atoms with Gasteiger partial charge in [0, 0.05) is 25.0 Å². The van der Waals surface area contributed by atoms with E-state index in [0.29, 0.717) is 30.9 Å². The van der Waals surface area contributed by atoms with Crippen LogP contribution in [0, 0.1) is 0 Å². The molecule has 0 saturated heterocycles. The molecule has 0 fully saturated rings. The molecule has 0 bridgehead atoms. The van der Waals surface area contributed by atoms with E-state index in [-0.39, 0.29) is 10.8 Å². The standard InChI is InChI=1S/C22H24N4O2S/c1-3-28-15-9-14-25-20(27)18-12-7-8-13-19(18)26-21(25)23-24-22(26)29-16(2)17-10-5-4-6-11-17/h4-8,10-13,16H,3,9,14-15H2,1-2H3. The predicted octanol–water partition coefficient (Wildman–Crippen LogP) is 4.32. The quantitative estimate of drug-likeness (QED) is 0.321. The topological polar surface area (TPSA) is 61.4 Å². The number of fused-ring (bicyclic) bond motifs is 3. The fourth-order valence-corrected chi connectivity index (χ4v) is 4.41. The summed E-state index contributed by atoms with van der Waals surface area (Å²) in [5, 5.41) is 10.5. The maximum atomic E-state index is 13.1. The molecule has 7 heteroatoms. The summed E-state index contributed by atoms with van der Waals surface area (Å²) in [6, 6.07) is 18.0. The average Bonchev–Trinajstić information content (AvgIpc) is 3.17. The van der Waals surface area contributed by atoms with E-state index in [1.807, 2.05) is 53.8 Å². The molecular formula is C22H24N4O2S. The van der Waals surface area contributed by atoms with Gasteiger partial charge in [0.25, 0.3) is 5.56 Å². The third kappa shape index (κ3) is 3.93. The Labute approximate surface area is 173 Å². The molecule has 0 aliphatic rings. The highest BCUT2D eigenvalue weighted by Crippen LogP contribution is 2.34. The summed E-state index contributed by atoms with van der Waals surface area (Å²) in [5.74, 6) is 0.577. The van der Waals surface area contributed by atoms with Crippen molar-refractivity contribution in [1.29, 1.82) is 0 Å². The summed E-state index contributed by atoms with van der Waals surface area (Å²) < 4.78 is 9.15. The summed E-state index contributed by atoms with van der Waals surface area (Å²) in [6.45, 7) is 5.95. The van der Waals surface area contributed by atoms with Gasteiger partial charge in [-0.2, -0.15) is 0 Å². The van der Waals surface area contributed by atoms with Crippen LogP contribution in [0.25, 0.3) is 16.7 Å². The average molecular weight is 409 g/mol. The number of hydrogen-bond acceptors (Lipinski definition) is 5. The maximum Gasteiger partial charge on any atom is 0.262 e. The number of ether oxygens (including phenoxy) is 1. The van der Waals surface area contributed by atoms with Gasteiger partial charge in [-0.3, -0.25) is 13.8 Å². The fourth-order valence-electron chi connectivity index (χ4n) is 3.43. The molecule has 150 valence electrons. The molecule has 2 aromatic heterocycles. The van der Waals surface area contributed by atoms with Gasteiger partial charge < -0.3 is 4.74 Å². The van der Waals surface area contributed by atoms with Crippen molar-refractivity contribution in [2.24, 2.45) is 0 Å². The van der Waals surface area contributed by atoms with E-state index in [9.17, 15) is 4.79 Å². The lowest BCUT2D eigenvalue weighted by Gasteiger charge is -2.13. The SMILES string of the molecule is CCOCCCn1c(=O)c2ccccc2n2c(SC(C)c3ccccc3)nnc12. The Morgan fingerprint density at radius 2 is 1.83 bits per heavy atom. The van der Waals surface area contributed by atoms with Gasteiger partial charge in [-0.15, -0.1) is 10.2 Å². The van der Waals surface area contributed by atoms with Crippen LogP contribution in [0.15, 0.2) is 64.5 Å². The Hall–Kier alpha value is -2.64. The number of nitrogens with zero attached hydrogens (tertiary/aromatic N) is 4. The first-order valence-electron chi connectivity index (χ1n) is 9.86. The van der Waals surface area contributed by atoms with Crippen LogP contribution in [0.4, 0.5) is 0 Å². The Morgan fingerprint density at radius 3 is 2.62 bits per heavy atom. The smallest absolute Gasteiger partial charge is 0.262 e. The van der Waals surface area contributed by atoms with E-state index in [1.54, 1.807) is 16.3 Å². The van der Waals surface area contributed by atoms with Crippen molar-refractivity contribution in [2.75, 3.05) is 13.2 Å². The van der Waals surface area contributed by atoms with Gasteiger partial charge in [-0.1, -0.05) is 54.2 Å². The lowest BCUT2D eigenvalue weighted by atomic mass is 10.2. The first-order valence-corrected chi connectivity index (χ1v) is 10.7. The largest absolute Gasteiger partial charge is 0.382 e. The molecule has 2 aromatic carbocycles. The van der Waals surface area contributed by atoms with Gasteiger partial charge in [0.15, 0.2) is 5.16 Å². The second kappa shape index (κ2) is 8.80. The molecule has 0 spiro atoms. The molecule has 2 heterocycles. The molecule has 29 heavy (non-hydrogen) atoms. The van der Waals surface area contributed by atoms with E-state index in [1.165, 1.54) is 5.56 Å². The second-order valence-electron chi connectivity index (χ2n) is 6.81. The number of aromatic nitrogens is 4.